The summed E-state index contributed by atoms with van der Waals surface area (Å²) in [6, 6.07) is 21.0. The topological polar surface area (TPSA) is 19.4 Å². The molecule has 0 N–H and O–H groups in total. The Hall–Kier alpha value is -1.40. The van der Waals surface area contributed by atoms with Crippen molar-refractivity contribution in [2.75, 3.05) is 42.3 Å². The van der Waals surface area contributed by atoms with Gasteiger partial charge in [-0.25, -0.2) is 0 Å². The Morgan fingerprint density at radius 2 is 0.839 bits per heavy atom. The van der Waals surface area contributed by atoms with Crippen LogP contribution < -0.4 is 0 Å². The molecular formula is C24H38N6Pd+2. The molecule has 2 aromatic rings. The Morgan fingerprint density at radius 3 is 1.06 bits per heavy atom. The van der Waals surface area contributed by atoms with E-state index in [1.807, 2.05) is 12.1 Å². The zero-order chi connectivity index (χ0) is 20.3. The van der Waals surface area contributed by atoms with Crippen LogP contribution in [0.5, 0.6) is 0 Å². The molecule has 6 nitrogen and oxygen atoms in total. The van der Waals surface area contributed by atoms with E-state index in [1.54, 1.807) is 0 Å². The molecule has 0 radical (unpaired) electrons. The van der Waals surface area contributed by atoms with Crippen LogP contribution in [0.3, 0.4) is 0 Å². The van der Waals surface area contributed by atoms with E-state index in [0.717, 1.165) is 0 Å². The number of nitrogens with zero attached hydrogens (tertiary/aromatic N) is 6. The molecular weight excluding hydrogens is 479 g/mol. The second-order valence-corrected chi connectivity index (χ2v) is 7.43. The van der Waals surface area contributed by atoms with Crippen molar-refractivity contribution in [3.8, 4) is 0 Å². The fourth-order valence-electron chi connectivity index (χ4n) is 3.84. The van der Waals surface area contributed by atoms with Crippen LogP contribution in [0.25, 0.3) is 0 Å². The predicted molar refractivity (Wildman–Crippen MR) is 126 cm³/mol. The van der Waals surface area contributed by atoms with Gasteiger partial charge in [0.25, 0.3) is 13.3 Å². The van der Waals surface area contributed by atoms with Gasteiger partial charge in [0.1, 0.15) is 12.3 Å². The van der Waals surface area contributed by atoms with Gasteiger partial charge in [0.2, 0.25) is 0 Å². The van der Waals surface area contributed by atoms with Crippen molar-refractivity contribution in [1.82, 2.24) is 29.8 Å². The number of hydrogen-bond acceptors (Lipinski definition) is 6. The van der Waals surface area contributed by atoms with E-state index in [9.17, 15) is 0 Å². The van der Waals surface area contributed by atoms with E-state index in [1.165, 1.54) is 11.1 Å². The van der Waals surface area contributed by atoms with Gasteiger partial charge in [-0.05, 0) is 11.1 Å². The minimum atomic E-state index is 0. The minimum Gasteiger partial charge on any atom is -0.358 e. The van der Waals surface area contributed by atoms with Crippen molar-refractivity contribution < 1.29 is 20.4 Å². The summed E-state index contributed by atoms with van der Waals surface area (Å²) in [6.45, 7) is 4.19. The van der Waals surface area contributed by atoms with E-state index in [2.05, 4.69) is 134 Å². The molecule has 31 heavy (non-hydrogen) atoms. The monoisotopic (exact) mass is 516 g/mol. The van der Waals surface area contributed by atoms with Crippen LogP contribution in [-0.4, -0.2) is 72.1 Å². The Morgan fingerprint density at radius 1 is 0.548 bits per heavy atom. The van der Waals surface area contributed by atoms with Crippen LogP contribution in [0.2, 0.25) is 0 Å². The second kappa shape index (κ2) is 13.2. The zero-order valence-electron chi connectivity index (χ0n) is 20.1. The van der Waals surface area contributed by atoms with Gasteiger partial charge >= 0.3 is 20.4 Å². The second-order valence-electron chi connectivity index (χ2n) is 7.43. The van der Waals surface area contributed by atoms with E-state index >= 15 is 0 Å². The fraction of sp³-hybridized carbons (Fsp3) is 0.333. The Bertz CT molecular complexity index is 668. The molecule has 0 amide bonds. The number of hydrazine groups is 2. The first-order valence-corrected chi connectivity index (χ1v) is 9.55. The molecule has 2 unspecified atom stereocenters. The van der Waals surface area contributed by atoms with E-state index in [-0.39, 0.29) is 35.3 Å². The SMILES string of the molecule is CN1[CH+]N(C)N(C)C1c1ccccc1.CN1[CH+]N(C)N(C)C1c1ccccc1.[CH3-].[CH3-].[Pd+2]. The summed E-state index contributed by atoms with van der Waals surface area (Å²) < 4.78 is 0. The average molecular weight is 517 g/mol. The van der Waals surface area contributed by atoms with Crippen LogP contribution in [0, 0.1) is 28.2 Å². The van der Waals surface area contributed by atoms with Crippen LogP contribution in [-0.2, 0) is 20.4 Å². The van der Waals surface area contributed by atoms with Gasteiger partial charge in [-0.2, -0.15) is 10.0 Å². The average Bonchev–Trinajstić information content (AvgIpc) is 3.10. The normalized spacial score (nSPS) is 22.8. The maximum Gasteiger partial charge on any atom is 2.00 e. The maximum atomic E-state index is 2.20. The van der Waals surface area contributed by atoms with E-state index in [0.29, 0.717) is 12.3 Å². The molecule has 0 aromatic heterocycles. The molecule has 0 spiro atoms. The summed E-state index contributed by atoms with van der Waals surface area (Å²) in [5, 5.41) is 8.60. The summed E-state index contributed by atoms with van der Waals surface area (Å²) in [7, 11) is 12.5. The third kappa shape index (κ3) is 6.79. The minimum absolute atomic E-state index is 0. The predicted octanol–water partition coefficient (Wildman–Crippen LogP) is 3.96. The molecule has 2 aliphatic rings. The quantitative estimate of drug-likeness (QED) is 0.441. The summed E-state index contributed by atoms with van der Waals surface area (Å²) in [6.07, 6.45) is 0.641. The molecule has 2 heterocycles. The first-order valence-electron chi connectivity index (χ1n) is 9.55. The van der Waals surface area contributed by atoms with Crippen LogP contribution >= 0.6 is 0 Å². The maximum absolute atomic E-state index is 2.20. The third-order valence-electron chi connectivity index (χ3n) is 5.37. The Labute approximate surface area is 204 Å². The smallest absolute Gasteiger partial charge is 0.358 e. The molecule has 2 fully saturated rings. The molecule has 2 aromatic carbocycles. The fourth-order valence-corrected chi connectivity index (χ4v) is 3.84. The van der Waals surface area contributed by atoms with Gasteiger partial charge in [0.15, 0.2) is 0 Å². The number of hydrogen-bond donors (Lipinski definition) is 0. The zero-order valence-corrected chi connectivity index (χ0v) is 21.6. The van der Waals surface area contributed by atoms with Gasteiger partial charge in [-0.15, -0.1) is 9.80 Å². The van der Waals surface area contributed by atoms with Gasteiger partial charge in [0.05, 0.1) is 0 Å². The standard InChI is InChI=1S/2C11H16N3.2CH3.Pd/c2*1-12-9-13(2)14(3)11(12)10-7-5-4-6-8-10;;;/h2*4-9,11H,1-3H3;2*1H3;/q2*+1;2*-1;+2. The molecule has 2 aliphatic heterocycles. The van der Waals surface area contributed by atoms with E-state index in [4.69, 9.17) is 0 Å². The van der Waals surface area contributed by atoms with Crippen LogP contribution in [0.15, 0.2) is 60.7 Å². The summed E-state index contributed by atoms with van der Waals surface area (Å²) in [5.74, 6) is 0. The van der Waals surface area contributed by atoms with Crippen LogP contribution in [0.1, 0.15) is 23.5 Å². The first kappa shape index (κ1) is 29.6. The molecule has 2 saturated heterocycles. The Balaban J connectivity index is 0.000000529. The van der Waals surface area contributed by atoms with Crippen LogP contribution in [0.4, 0.5) is 0 Å². The third-order valence-corrected chi connectivity index (χ3v) is 5.37. The van der Waals surface area contributed by atoms with Crippen molar-refractivity contribution in [3.63, 3.8) is 0 Å². The van der Waals surface area contributed by atoms with Gasteiger partial charge < -0.3 is 14.9 Å². The molecule has 172 valence electrons. The molecule has 0 bridgehead atoms. The molecule has 4 rings (SSSR count). The number of rotatable bonds is 2. The van der Waals surface area contributed by atoms with Crippen molar-refractivity contribution in [2.45, 2.75) is 12.3 Å². The molecule has 0 aliphatic carbocycles. The number of benzene rings is 2. The van der Waals surface area contributed by atoms with Crippen molar-refractivity contribution in [3.05, 3.63) is 100.0 Å². The van der Waals surface area contributed by atoms with E-state index < -0.39 is 0 Å². The largest absolute Gasteiger partial charge is 2.00 e. The Kier molecular flexibility index (Phi) is 12.6. The summed E-state index contributed by atoms with van der Waals surface area (Å²) in [4.78, 5) is 4.41. The van der Waals surface area contributed by atoms with Crippen molar-refractivity contribution in [2.24, 2.45) is 0 Å². The van der Waals surface area contributed by atoms with Crippen molar-refractivity contribution in [1.29, 1.82) is 0 Å². The van der Waals surface area contributed by atoms with Gasteiger partial charge in [0, 0.05) is 42.3 Å². The molecule has 0 saturated carbocycles. The summed E-state index contributed by atoms with van der Waals surface area (Å²) in [5.41, 5.74) is 2.64. The summed E-state index contributed by atoms with van der Waals surface area (Å²) >= 11 is 0. The van der Waals surface area contributed by atoms with Gasteiger partial charge in [-0.3, -0.25) is 0 Å². The van der Waals surface area contributed by atoms with Crippen molar-refractivity contribution >= 4 is 0 Å². The molecule has 7 heteroatoms. The molecule has 2 atom stereocenters. The van der Waals surface area contributed by atoms with Gasteiger partial charge in [-0.1, -0.05) is 70.7 Å². The first-order chi connectivity index (χ1) is 13.4.